The number of unbranched alkanes of at least 4 members (excludes halogenated alkanes) is 1. The summed E-state index contributed by atoms with van der Waals surface area (Å²) in [5, 5.41) is 16.5. The molecule has 0 saturated carbocycles. The number of hydrogen-bond donors (Lipinski definition) is 2. The Labute approximate surface area is 153 Å². The van der Waals surface area contributed by atoms with E-state index in [-0.39, 0.29) is 22.8 Å². The Hall–Kier alpha value is -1.14. The summed E-state index contributed by atoms with van der Waals surface area (Å²) in [4.78, 5) is 21.7. The zero-order valence-corrected chi connectivity index (χ0v) is 17.6. The molecule has 0 aromatic carbocycles. The topological polar surface area (TPSA) is 93.1 Å². The number of hydrogen-bond acceptors (Lipinski definition) is 6. The number of esters is 2. The summed E-state index contributed by atoms with van der Waals surface area (Å²) < 4.78 is 9.53. The van der Waals surface area contributed by atoms with E-state index >= 15 is 0 Å². The Bertz CT molecular complexity index is 309. The molecule has 0 unspecified atom stereocenters. The van der Waals surface area contributed by atoms with Gasteiger partial charge in [0, 0.05) is 0 Å². The van der Waals surface area contributed by atoms with Gasteiger partial charge in [0.2, 0.25) is 0 Å². The Balaban J connectivity index is -0.000000293. The van der Waals surface area contributed by atoms with Crippen LogP contribution in [0, 0.1) is 10.8 Å². The van der Waals surface area contributed by atoms with Crippen LogP contribution in [-0.2, 0) is 19.1 Å². The molecule has 0 heterocycles. The van der Waals surface area contributed by atoms with Crippen molar-refractivity contribution < 1.29 is 29.3 Å². The third-order valence-corrected chi connectivity index (χ3v) is 2.59. The van der Waals surface area contributed by atoms with Crippen LogP contribution in [0.3, 0.4) is 0 Å². The first-order valence-corrected chi connectivity index (χ1v) is 8.94. The fourth-order valence-electron chi connectivity index (χ4n) is 1.08. The van der Waals surface area contributed by atoms with E-state index in [1.165, 1.54) is 0 Å². The summed E-state index contributed by atoms with van der Waals surface area (Å²) in [6.45, 7) is 17.6. The van der Waals surface area contributed by atoms with E-state index in [1.807, 2.05) is 62.3 Å². The van der Waals surface area contributed by atoms with Crippen molar-refractivity contribution in [1.82, 2.24) is 0 Å². The molecule has 0 spiro atoms. The number of carbonyl (C=O) groups excluding carboxylic acids is 2. The normalized spacial score (nSPS) is 10.9. The molecule has 0 fully saturated rings. The minimum Gasteiger partial charge on any atom is -0.466 e. The van der Waals surface area contributed by atoms with Crippen LogP contribution in [0.2, 0.25) is 0 Å². The van der Waals surface area contributed by atoms with Gasteiger partial charge in [0.15, 0.2) is 6.29 Å². The molecule has 0 rings (SSSR count). The van der Waals surface area contributed by atoms with E-state index in [0.29, 0.717) is 19.6 Å². The van der Waals surface area contributed by atoms with Gasteiger partial charge in [-0.2, -0.15) is 0 Å². The van der Waals surface area contributed by atoms with Crippen LogP contribution in [0.5, 0.6) is 0 Å². The van der Waals surface area contributed by atoms with Gasteiger partial charge in [0.05, 0.1) is 24.0 Å². The zero-order chi connectivity index (χ0) is 20.7. The highest BCUT2D eigenvalue weighted by atomic mass is 16.5. The van der Waals surface area contributed by atoms with Crippen molar-refractivity contribution in [3.63, 3.8) is 0 Å². The van der Waals surface area contributed by atoms with Gasteiger partial charge < -0.3 is 19.7 Å². The Morgan fingerprint density at radius 1 is 0.800 bits per heavy atom. The SMILES string of the molecule is CCCCC(O)O.CCOC(=O)C(C)(C)C.CCOC(=O)C(C)(C)C. The smallest absolute Gasteiger partial charge is 0.311 e. The third-order valence-electron chi connectivity index (χ3n) is 2.59. The minimum absolute atomic E-state index is 0.134. The molecule has 0 radical (unpaired) electrons. The number of aliphatic hydroxyl groups excluding tert-OH is 1. The molecule has 0 atom stereocenters. The molecule has 0 saturated heterocycles. The molecule has 6 nitrogen and oxygen atoms in total. The summed E-state index contributed by atoms with van der Waals surface area (Å²) in [5.41, 5.74) is -0.702. The molecule has 0 aromatic heterocycles. The average Bonchev–Trinajstić information content (AvgIpc) is 2.45. The van der Waals surface area contributed by atoms with Crippen molar-refractivity contribution >= 4 is 11.9 Å². The van der Waals surface area contributed by atoms with Crippen LogP contribution in [0.25, 0.3) is 0 Å². The van der Waals surface area contributed by atoms with Gasteiger partial charge in [-0.1, -0.05) is 13.3 Å². The zero-order valence-electron chi connectivity index (χ0n) is 17.6. The predicted molar refractivity (Wildman–Crippen MR) is 99.9 cm³/mol. The average molecular weight is 365 g/mol. The van der Waals surface area contributed by atoms with Gasteiger partial charge in [0.1, 0.15) is 0 Å². The lowest BCUT2D eigenvalue weighted by atomic mass is 9.97. The lowest BCUT2D eigenvalue weighted by Gasteiger charge is -2.14. The number of rotatable bonds is 5. The Morgan fingerprint density at radius 2 is 1.12 bits per heavy atom. The Morgan fingerprint density at radius 3 is 1.20 bits per heavy atom. The largest absolute Gasteiger partial charge is 0.466 e. The first-order chi connectivity index (χ1) is 11.2. The monoisotopic (exact) mass is 364 g/mol. The lowest BCUT2D eigenvalue weighted by molar-refractivity contribution is -0.153. The molecule has 152 valence electrons. The lowest BCUT2D eigenvalue weighted by Crippen LogP contribution is -2.22. The Kier molecular flexibility index (Phi) is 17.4. The van der Waals surface area contributed by atoms with Crippen molar-refractivity contribution in [2.75, 3.05) is 13.2 Å². The maximum absolute atomic E-state index is 10.8. The highest BCUT2D eigenvalue weighted by Gasteiger charge is 2.22. The van der Waals surface area contributed by atoms with E-state index in [0.717, 1.165) is 12.8 Å². The van der Waals surface area contributed by atoms with Crippen molar-refractivity contribution in [3.8, 4) is 0 Å². The van der Waals surface area contributed by atoms with Crippen LogP contribution < -0.4 is 0 Å². The molecule has 2 N–H and O–H groups in total. The van der Waals surface area contributed by atoms with Crippen LogP contribution in [0.4, 0.5) is 0 Å². The van der Waals surface area contributed by atoms with E-state index in [2.05, 4.69) is 0 Å². The molecule has 0 bridgehead atoms. The first-order valence-electron chi connectivity index (χ1n) is 8.94. The van der Waals surface area contributed by atoms with Crippen molar-refractivity contribution in [2.24, 2.45) is 10.8 Å². The quantitative estimate of drug-likeness (QED) is 0.571. The van der Waals surface area contributed by atoms with Gasteiger partial charge in [-0.25, -0.2) is 0 Å². The summed E-state index contributed by atoms with van der Waals surface area (Å²) in [6.07, 6.45) is 1.34. The highest BCUT2D eigenvalue weighted by Crippen LogP contribution is 2.15. The van der Waals surface area contributed by atoms with Gasteiger partial charge >= 0.3 is 11.9 Å². The maximum Gasteiger partial charge on any atom is 0.311 e. The second kappa shape index (κ2) is 15.1. The summed E-state index contributed by atoms with van der Waals surface area (Å²) >= 11 is 0. The van der Waals surface area contributed by atoms with E-state index in [1.54, 1.807) is 0 Å². The second-order valence-corrected chi connectivity index (χ2v) is 7.56. The summed E-state index contributed by atoms with van der Waals surface area (Å²) in [7, 11) is 0. The van der Waals surface area contributed by atoms with E-state index in [4.69, 9.17) is 19.7 Å². The van der Waals surface area contributed by atoms with Gasteiger partial charge in [-0.3, -0.25) is 9.59 Å². The summed E-state index contributed by atoms with van der Waals surface area (Å²) in [6, 6.07) is 0. The fourth-order valence-corrected chi connectivity index (χ4v) is 1.08. The summed E-state index contributed by atoms with van der Waals surface area (Å²) in [5.74, 6) is -0.269. The molecular weight excluding hydrogens is 324 g/mol. The van der Waals surface area contributed by atoms with Crippen molar-refractivity contribution in [3.05, 3.63) is 0 Å². The molecule has 25 heavy (non-hydrogen) atoms. The molecule has 0 aromatic rings. The van der Waals surface area contributed by atoms with Gasteiger partial charge in [0.25, 0.3) is 0 Å². The van der Waals surface area contributed by atoms with Gasteiger partial charge in [-0.15, -0.1) is 0 Å². The van der Waals surface area contributed by atoms with Crippen molar-refractivity contribution in [2.45, 2.75) is 87.9 Å². The predicted octanol–water partition coefficient (Wildman–Crippen LogP) is 3.68. The van der Waals surface area contributed by atoms with Crippen LogP contribution >= 0.6 is 0 Å². The molecule has 0 aliphatic carbocycles. The van der Waals surface area contributed by atoms with E-state index in [9.17, 15) is 9.59 Å². The molecular formula is C19H40O6. The van der Waals surface area contributed by atoms with Crippen LogP contribution in [-0.4, -0.2) is 41.7 Å². The molecule has 0 aliphatic heterocycles. The molecule has 6 heteroatoms. The molecule has 0 amide bonds. The first kappa shape index (κ1) is 28.7. The fraction of sp³-hybridized carbons (Fsp3) is 0.895. The van der Waals surface area contributed by atoms with Crippen LogP contribution in [0.1, 0.15) is 81.6 Å². The minimum atomic E-state index is -1.10. The maximum atomic E-state index is 10.8. The second-order valence-electron chi connectivity index (χ2n) is 7.56. The van der Waals surface area contributed by atoms with Gasteiger partial charge in [-0.05, 0) is 68.2 Å². The van der Waals surface area contributed by atoms with Crippen LogP contribution in [0.15, 0.2) is 0 Å². The highest BCUT2D eigenvalue weighted by molar-refractivity contribution is 5.75. The van der Waals surface area contributed by atoms with E-state index < -0.39 is 6.29 Å². The standard InChI is InChI=1S/2C7H14O2.C5H12O2/c2*1-5-9-6(8)7(2,3)4;1-2-3-4-5(6)7/h2*5H2,1-4H3;5-7H,2-4H2,1H3. The third kappa shape index (κ3) is 22.9. The van der Waals surface area contributed by atoms with Crippen molar-refractivity contribution in [1.29, 1.82) is 0 Å². The molecule has 0 aliphatic rings. The number of ether oxygens (including phenoxy) is 2. The number of carbonyl (C=O) groups is 2. The number of aliphatic hydroxyl groups is 2.